The van der Waals surface area contributed by atoms with Crippen LogP contribution in [0.2, 0.25) is 0 Å². The number of alkyl halides is 3. The van der Waals surface area contributed by atoms with Crippen molar-refractivity contribution in [3.63, 3.8) is 0 Å². The Hall–Kier alpha value is -4.02. The van der Waals surface area contributed by atoms with E-state index in [9.17, 15) is 30.8 Å². The number of carbonyl (C=O) groups excluding carboxylic acids is 1. The minimum absolute atomic E-state index is 0.154. The molecule has 0 saturated carbocycles. The molecule has 1 amide bonds. The van der Waals surface area contributed by atoms with Gasteiger partial charge in [-0.1, -0.05) is 36.4 Å². The van der Waals surface area contributed by atoms with E-state index >= 15 is 0 Å². The molecule has 0 spiro atoms. The predicted molar refractivity (Wildman–Crippen MR) is 144 cm³/mol. The van der Waals surface area contributed by atoms with Gasteiger partial charge in [0, 0.05) is 17.3 Å². The number of halogens is 4. The summed E-state index contributed by atoms with van der Waals surface area (Å²) < 4.78 is 80.7. The van der Waals surface area contributed by atoms with E-state index in [-0.39, 0.29) is 4.90 Å². The predicted octanol–water partition coefficient (Wildman–Crippen LogP) is 6.52. The quantitative estimate of drug-likeness (QED) is 0.260. The second-order valence-electron chi connectivity index (χ2n) is 9.69. The van der Waals surface area contributed by atoms with Crippen LogP contribution < -0.4 is 10.0 Å². The first-order valence-corrected chi connectivity index (χ1v) is 13.9. The van der Waals surface area contributed by atoms with Crippen LogP contribution >= 0.6 is 0 Å². The average molecular weight is 569 g/mol. The van der Waals surface area contributed by atoms with Gasteiger partial charge in [-0.05, 0) is 96.1 Å². The van der Waals surface area contributed by atoms with Crippen LogP contribution in [0.25, 0.3) is 11.1 Å². The molecule has 5 rings (SSSR count). The molecule has 0 saturated heterocycles. The van der Waals surface area contributed by atoms with Crippen molar-refractivity contribution in [2.24, 2.45) is 0 Å². The Kier molecular flexibility index (Phi) is 7.24. The first-order valence-electron chi connectivity index (χ1n) is 12.4. The lowest BCUT2D eigenvalue weighted by atomic mass is 9.93. The van der Waals surface area contributed by atoms with E-state index in [2.05, 4.69) is 10.0 Å². The second kappa shape index (κ2) is 10.5. The van der Waals surface area contributed by atoms with Gasteiger partial charge >= 0.3 is 6.18 Å². The van der Waals surface area contributed by atoms with Crippen LogP contribution in [0, 0.1) is 12.7 Å². The van der Waals surface area contributed by atoms with Gasteiger partial charge in [-0.2, -0.15) is 13.2 Å². The Morgan fingerprint density at radius 1 is 0.875 bits per heavy atom. The number of nitrogens with one attached hydrogen (secondary N) is 2. The summed E-state index contributed by atoms with van der Waals surface area (Å²) >= 11 is 0. The summed E-state index contributed by atoms with van der Waals surface area (Å²) in [4.78, 5) is 13.2. The van der Waals surface area contributed by atoms with Crippen LogP contribution in [0.3, 0.4) is 0 Å². The minimum Gasteiger partial charge on any atom is -0.322 e. The van der Waals surface area contributed by atoms with E-state index in [0.717, 1.165) is 34.9 Å². The maximum Gasteiger partial charge on any atom is 0.416 e. The Balaban J connectivity index is 1.33. The van der Waals surface area contributed by atoms with Crippen molar-refractivity contribution in [3.05, 3.63) is 119 Å². The summed E-state index contributed by atoms with van der Waals surface area (Å²) in [6, 6.07) is 19.4. The van der Waals surface area contributed by atoms with Gasteiger partial charge in [0.1, 0.15) is 5.82 Å². The molecule has 206 valence electrons. The fraction of sp³-hybridized carbons (Fsp3) is 0.167. The summed E-state index contributed by atoms with van der Waals surface area (Å²) in [5.74, 6) is -1.08. The minimum atomic E-state index is -4.46. The number of fused-ring (bicyclic) bond motifs is 1. The van der Waals surface area contributed by atoms with Crippen LogP contribution in [0.5, 0.6) is 0 Å². The van der Waals surface area contributed by atoms with Gasteiger partial charge in [-0.3, -0.25) is 4.79 Å². The molecule has 1 aliphatic rings. The lowest BCUT2D eigenvalue weighted by Crippen LogP contribution is -2.35. The molecular weight excluding hydrogens is 544 g/mol. The highest BCUT2D eigenvalue weighted by Crippen LogP contribution is 2.34. The molecule has 1 unspecified atom stereocenters. The maximum absolute atomic E-state index is 13.5. The fourth-order valence-electron chi connectivity index (χ4n) is 4.97. The number of hydrogen-bond acceptors (Lipinski definition) is 3. The van der Waals surface area contributed by atoms with Crippen molar-refractivity contribution >= 4 is 21.6 Å². The third-order valence-electron chi connectivity index (χ3n) is 6.84. The van der Waals surface area contributed by atoms with E-state index in [0.29, 0.717) is 35.2 Å². The monoisotopic (exact) mass is 568 g/mol. The van der Waals surface area contributed by atoms with E-state index in [1.54, 1.807) is 37.3 Å². The van der Waals surface area contributed by atoms with E-state index in [1.165, 1.54) is 30.3 Å². The number of sulfonamides is 1. The van der Waals surface area contributed by atoms with E-state index < -0.39 is 39.5 Å². The van der Waals surface area contributed by atoms with Gasteiger partial charge in [0.15, 0.2) is 0 Å². The SMILES string of the molecule is Cc1cccc(C(=O)Nc2ccc3c(c2)CC(NS(=O)(=O)c2cccc(F)c2)C3)c1-c1ccc(C(F)(F)F)cc1. The van der Waals surface area contributed by atoms with Gasteiger partial charge in [0.2, 0.25) is 10.0 Å². The normalized spacial score (nSPS) is 15.1. The third-order valence-corrected chi connectivity index (χ3v) is 8.36. The number of hydrogen-bond donors (Lipinski definition) is 2. The molecule has 40 heavy (non-hydrogen) atoms. The third kappa shape index (κ3) is 5.78. The lowest BCUT2D eigenvalue weighted by Gasteiger charge is -2.15. The topological polar surface area (TPSA) is 75.3 Å². The zero-order valence-electron chi connectivity index (χ0n) is 21.2. The Morgan fingerprint density at radius 2 is 1.57 bits per heavy atom. The fourth-order valence-corrected chi connectivity index (χ4v) is 6.23. The maximum atomic E-state index is 13.5. The van der Waals surface area contributed by atoms with Crippen LogP contribution in [0.4, 0.5) is 23.2 Å². The Bertz CT molecular complexity index is 1700. The zero-order valence-corrected chi connectivity index (χ0v) is 22.0. The van der Waals surface area contributed by atoms with Crippen molar-refractivity contribution in [2.75, 3.05) is 5.32 Å². The first kappa shape index (κ1) is 27.5. The lowest BCUT2D eigenvalue weighted by molar-refractivity contribution is -0.137. The van der Waals surface area contributed by atoms with Crippen molar-refractivity contribution in [1.82, 2.24) is 4.72 Å². The molecule has 0 radical (unpaired) electrons. The van der Waals surface area contributed by atoms with Crippen molar-refractivity contribution < 1.29 is 30.8 Å². The Morgan fingerprint density at radius 3 is 2.27 bits per heavy atom. The Labute approximate surface area is 228 Å². The molecule has 0 bridgehead atoms. The van der Waals surface area contributed by atoms with Crippen LogP contribution in [-0.4, -0.2) is 20.4 Å². The molecule has 1 atom stereocenters. The molecule has 1 aliphatic carbocycles. The zero-order chi connectivity index (χ0) is 28.7. The summed E-state index contributed by atoms with van der Waals surface area (Å²) in [6.45, 7) is 1.78. The molecule has 0 fully saturated rings. The number of anilines is 1. The second-order valence-corrected chi connectivity index (χ2v) is 11.4. The van der Waals surface area contributed by atoms with Gasteiger partial charge in [0.05, 0.1) is 10.5 Å². The molecule has 0 aliphatic heterocycles. The summed E-state index contributed by atoms with van der Waals surface area (Å²) in [5, 5.41) is 2.86. The van der Waals surface area contributed by atoms with Gasteiger partial charge in [-0.15, -0.1) is 0 Å². The van der Waals surface area contributed by atoms with Gasteiger partial charge in [0.25, 0.3) is 5.91 Å². The van der Waals surface area contributed by atoms with E-state index in [4.69, 9.17) is 0 Å². The van der Waals surface area contributed by atoms with Crippen LogP contribution in [-0.2, 0) is 29.0 Å². The van der Waals surface area contributed by atoms with Crippen molar-refractivity contribution in [3.8, 4) is 11.1 Å². The largest absolute Gasteiger partial charge is 0.416 e. The summed E-state index contributed by atoms with van der Waals surface area (Å²) in [7, 11) is -3.92. The van der Waals surface area contributed by atoms with Crippen molar-refractivity contribution in [1.29, 1.82) is 0 Å². The number of carbonyl (C=O) groups is 1. The summed E-state index contributed by atoms with van der Waals surface area (Å²) in [5.41, 5.74) is 3.56. The highest BCUT2D eigenvalue weighted by molar-refractivity contribution is 7.89. The number of rotatable bonds is 6. The average Bonchev–Trinajstić information content (AvgIpc) is 3.29. The van der Waals surface area contributed by atoms with Gasteiger partial charge < -0.3 is 5.32 Å². The highest BCUT2D eigenvalue weighted by Gasteiger charge is 2.30. The van der Waals surface area contributed by atoms with Crippen LogP contribution in [0.15, 0.2) is 89.8 Å². The molecule has 0 aromatic heterocycles. The highest BCUT2D eigenvalue weighted by atomic mass is 32.2. The number of amides is 1. The standard InChI is InChI=1S/C30H24F4N2O3S/c1-18-4-2-7-27(28(18)19-8-11-22(12-9-19)30(32,33)34)29(37)35-24-13-10-20-14-25(16-21(20)15-24)36-40(38,39)26-6-3-5-23(31)17-26/h2-13,15,17,25,36H,14,16H2,1H3,(H,35,37). The molecule has 2 N–H and O–H groups in total. The number of aryl methyl sites for hydroxylation is 1. The van der Waals surface area contributed by atoms with Gasteiger partial charge in [-0.25, -0.2) is 17.5 Å². The summed E-state index contributed by atoms with van der Waals surface area (Å²) in [6.07, 6.45) is -3.64. The number of benzene rings is 4. The molecule has 10 heteroatoms. The smallest absolute Gasteiger partial charge is 0.322 e. The molecule has 5 nitrogen and oxygen atoms in total. The van der Waals surface area contributed by atoms with Crippen LogP contribution in [0.1, 0.15) is 32.6 Å². The van der Waals surface area contributed by atoms with E-state index in [1.807, 2.05) is 6.07 Å². The van der Waals surface area contributed by atoms with Crippen molar-refractivity contribution in [2.45, 2.75) is 36.9 Å². The molecule has 4 aromatic carbocycles. The molecule has 4 aromatic rings. The molecular formula is C30H24F4N2O3S. The molecule has 0 heterocycles. The first-order chi connectivity index (χ1) is 18.9.